The van der Waals surface area contributed by atoms with E-state index in [-0.39, 0.29) is 5.41 Å². The van der Waals surface area contributed by atoms with Crippen LogP contribution in [0.15, 0.2) is 18.0 Å². The van der Waals surface area contributed by atoms with E-state index < -0.39 is 0 Å². The molecule has 0 spiro atoms. The molecule has 2 bridgehead atoms. The standard InChI is InChI=1S/C19H30N2/c1-12(10-18(3,4)17-13(2)20-11-21-17)15-8-7-14-9-16(15)19(14,5)6/h8,11-12,14,16H,7,9-10H2,1-6H3,(H,20,21). The van der Waals surface area contributed by atoms with E-state index in [0.717, 1.165) is 17.5 Å². The molecule has 0 saturated heterocycles. The summed E-state index contributed by atoms with van der Waals surface area (Å²) in [5.41, 5.74) is 4.87. The number of allylic oxidation sites excluding steroid dienone is 2. The molecule has 3 unspecified atom stereocenters. The van der Waals surface area contributed by atoms with E-state index in [1.54, 1.807) is 5.57 Å². The van der Waals surface area contributed by atoms with Crippen LogP contribution in [0.1, 0.15) is 65.3 Å². The summed E-state index contributed by atoms with van der Waals surface area (Å²) in [6.45, 7) is 14.2. The average Bonchev–Trinajstić information content (AvgIpc) is 2.85. The van der Waals surface area contributed by atoms with Crippen LogP contribution >= 0.6 is 0 Å². The Morgan fingerprint density at radius 3 is 2.67 bits per heavy atom. The first-order chi connectivity index (χ1) is 9.73. The summed E-state index contributed by atoms with van der Waals surface area (Å²) in [5, 5.41) is 0. The number of nitrogens with zero attached hydrogens (tertiary/aromatic N) is 1. The molecule has 1 fully saturated rings. The molecule has 3 aliphatic carbocycles. The van der Waals surface area contributed by atoms with E-state index in [9.17, 15) is 0 Å². The van der Waals surface area contributed by atoms with Crippen molar-refractivity contribution in [3.63, 3.8) is 0 Å². The molecule has 3 atom stereocenters. The van der Waals surface area contributed by atoms with E-state index >= 15 is 0 Å². The van der Waals surface area contributed by atoms with E-state index in [1.807, 2.05) is 6.33 Å². The highest BCUT2D eigenvalue weighted by Crippen LogP contribution is 2.61. The van der Waals surface area contributed by atoms with Gasteiger partial charge in [0, 0.05) is 11.1 Å². The number of hydrogen-bond acceptors (Lipinski definition) is 1. The van der Waals surface area contributed by atoms with Gasteiger partial charge < -0.3 is 4.98 Å². The van der Waals surface area contributed by atoms with E-state index in [2.05, 4.69) is 57.6 Å². The molecular formula is C19H30N2. The van der Waals surface area contributed by atoms with Crippen molar-refractivity contribution in [1.29, 1.82) is 0 Å². The highest BCUT2D eigenvalue weighted by molar-refractivity contribution is 5.27. The van der Waals surface area contributed by atoms with Crippen molar-refractivity contribution < 1.29 is 0 Å². The zero-order valence-corrected chi connectivity index (χ0v) is 14.5. The largest absolute Gasteiger partial charge is 0.348 e. The predicted molar refractivity (Wildman–Crippen MR) is 88.2 cm³/mol. The summed E-state index contributed by atoms with van der Waals surface area (Å²) in [5.74, 6) is 2.42. The molecule has 1 aromatic heterocycles. The second-order valence-electron chi connectivity index (χ2n) is 8.60. The molecule has 2 heteroatoms. The van der Waals surface area contributed by atoms with E-state index in [0.29, 0.717) is 11.3 Å². The Labute approximate surface area is 129 Å². The number of aromatic nitrogens is 2. The molecule has 21 heavy (non-hydrogen) atoms. The van der Waals surface area contributed by atoms with Gasteiger partial charge in [-0.05, 0) is 49.4 Å². The average molecular weight is 286 g/mol. The highest BCUT2D eigenvalue weighted by Gasteiger charge is 2.52. The summed E-state index contributed by atoms with van der Waals surface area (Å²) >= 11 is 0. The van der Waals surface area contributed by atoms with Gasteiger partial charge in [-0.15, -0.1) is 0 Å². The zero-order chi connectivity index (χ0) is 15.4. The quantitative estimate of drug-likeness (QED) is 0.774. The van der Waals surface area contributed by atoms with Gasteiger partial charge >= 0.3 is 0 Å². The number of aromatic amines is 1. The van der Waals surface area contributed by atoms with Crippen LogP contribution in [0.2, 0.25) is 0 Å². The normalized spacial score (nSPS) is 28.8. The van der Waals surface area contributed by atoms with Gasteiger partial charge in [-0.25, -0.2) is 4.98 Å². The molecule has 0 amide bonds. The first-order valence-corrected chi connectivity index (χ1v) is 8.44. The monoisotopic (exact) mass is 286 g/mol. The van der Waals surface area contributed by atoms with Crippen LogP contribution in [-0.2, 0) is 5.41 Å². The Balaban J connectivity index is 1.77. The maximum atomic E-state index is 4.38. The smallest absolute Gasteiger partial charge is 0.0925 e. The van der Waals surface area contributed by atoms with Gasteiger partial charge in [-0.3, -0.25) is 0 Å². The minimum Gasteiger partial charge on any atom is -0.348 e. The maximum absolute atomic E-state index is 4.38. The number of nitrogens with one attached hydrogen (secondary N) is 1. The van der Waals surface area contributed by atoms with Crippen LogP contribution in [0.4, 0.5) is 0 Å². The van der Waals surface area contributed by atoms with Crippen molar-refractivity contribution in [3.8, 4) is 0 Å². The fourth-order valence-corrected chi connectivity index (χ4v) is 4.98. The number of H-pyrrole nitrogens is 1. The Morgan fingerprint density at radius 2 is 2.14 bits per heavy atom. The third-order valence-electron chi connectivity index (χ3n) is 6.40. The number of rotatable bonds is 4. The van der Waals surface area contributed by atoms with Crippen molar-refractivity contribution in [3.05, 3.63) is 29.4 Å². The topological polar surface area (TPSA) is 28.7 Å². The molecule has 3 aliphatic rings. The summed E-state index contributed by atoms with van der Waals surface area (Å²) in [4.78, 5) is 7.74. The molecule has 0 aromatic carbocycles. The zero-order valence-electron chi connectivity index (χ0n) is 14.5. The molecule has 1 aromatic rings. The Morgan fingerprint density at radius 1 is 1.43 bits per heavy atom. The minimum atomic E-state index is 0.158. The molecule has 116 valence electrons. The summed E-state index contributed by atoms with van der Waals surface area (Å²) in [7, 11) is 0. The first kappa shape index (κ1) is 14.9. The second-order valence-corrected chi connectivity index (χ2v) is 8.60. The number of fused-ring (bicyclic) bond motifs is 1. The highest BCUT2D eigenvalue weighted by atomic mass is 14.9. The number of imidazole rings is 1. The van der Waals surface area contributed by atoms with Gasteiger partial charge in [0.25, 0.3) is 0 Å². The molecule has 1 heterocycles. The van der Waals surface area contributed by atoms with Gasteiger partial charge in [-0.2, -0.15) is 0 Å². The Hall–Kier alpha value is -1.05. The lowest BCUT2D eigenvalue weighted by molar-refractivity contribution is -0.0134. The van der Waals surface area contributed by atoms with E-state index in [4.69, 9.17) is 0 Å². The minimum absolute atomic E-state index is 0.158. The lowest BCUT2D eigenvalue weighted by atomic mass is 9.47. The summed E-state index contributed by atoms with van der Waals surface area (Å²) in [6.07, 6.45) is 8.31. The van der Waals surface area contributed by atoms with Crippen molar-refractivity contribution in [2.24, 2.45) is 23.2 Å². The van der Waals surface area contributed by atoms with Crippen LogP contribution in [-0.4, -0.2) is 9.97 Å². The van der Waals surface area contributed by atoms with Crippen LogP contribution < -0.4 is 0 Å². The molecule has 1 N–H and O–H groups in total. The van der Waals surface area contributed by atoms with Gasteiger partial charge in [-0.1, -0.05) is 46.3 Å². The molecule has 1 saturated carbocycles. The lowest BCUT2D eigenvalue weighted by Crippen LogP contribution is -2.49. The van der Waals surface area contributed by atoms with Crippen molar-refractivity contribution >= 4 is 0 Å². The molecule has 0 radical (unpaired) electrons. The third-order valence-corrected chi connectivity index (χ3v) is 6.40. The van der Waals surface area contributed by atoms with Crippen LogP contribution in [0.25, 0.3) is 0 Å². The molecule has 4 rings (SSSR count). The van der Waals surface area contributed by atoms with Gasteiger partial charge in [0.05, 0.1) is 12.0 Å². The molecule has 0 aliphatic heterocycles. The van der Waals surface area contributed by atoms with Crippen molar-refractivity contribution in [1.82, 2.24) is 9.97 Å². The third kappa shape index (κ3) is 2.27. The van der Waals surface area contributed by atoms with Crippen LogP contribution in [0.5, 0.6) is 0 Å². The Bertz CT molecular complexity index is 562. The van der Waals surface area contributed by atoms with Gasteiger partial charge in [0.15, 0.2) is 0 Å². The first-order valence-electron chi connectivity index (χ1n) is 8.44. The number of aryl methyl sites for hydroxylation is 1. The predicted octanol–water partition coefficient (Wildman–Crippen LogP) is 5.01. The lowest BCUT2D eigenvalue weighted by Gasteiger charge is -2.57. The van der Waals surface area contributed by atoms with Crippen molar-refractivity contribution in [2.75, 3.05) is 0 Å². The summed E-state index contributed by atoms with van der Waals surface area (Å²) < 4.78 is 0. The van der Waals surface area contributed by atoms with Crippen LogP contribution in [0, 0.1) is 30.1 Å². The fourth-order valence-electron chi connectivity index (χ4n) is 4.98. The maximum Gasteiger partial charge on any atom is 0.0925 e. The summed E-state index contributed by atoms with van der Waals surface area (Å²) in [6, 6.07) is 0. The van der Waals surface area contributed by atoms with Crippen LogP contribution in [0.3, 0.4) is 0 Å². The fraction of sp³-hybridized carbons (Fsp3) is 0.737. The molecule has 2 nitrogen and oxygen atoms in total. The second kappa shape index (κ2) is 4.72. The number of hydrogen-bond donors (Lipinski definition) is 1. The van der Waals surface area contributed by atoms with Gasteiger partial charge in [0.2, 0.25) is 0 Å². The SMILES string of the molecule is Cc1nc[nH]c1C(C)(C)CC(C)C1=CCC2CC1C2(C)C. The molecular weight excluding hydrogens is 256 g/mol. The van der Waals surface area contributed by atoms with E-state index in [1.165, 1.54) is 25.0 Å². The van der Waals surface area contributed by atoms with Crippen molar-refractivity contribution in [2.45, 2.75) is 66.2 Å². The Kier molecular flexibility index (Phi) is 3.35. The van der Waals surface area contributed by atoms with Gasteiger partial charge in [0.1, 0.15) is 0 Å².